The molecule has 1 aliphatic heterocycles. The van der Waals surface area contributed by atoms with Crippen molar-refractivity contribution in [3.8, 4) is 11.5 Å². The minimum Gasteiger partial charge on any atom is -0.507 e. The standard InChI is InChI=1S/C21H24N2O5.Ac/c1-27-17-7-8-18(19(24)13-17)20(22-26)16-9-11-23(12-10-16)21(25)28-14-15-5-3-2-4-6-15;/h2-8,13,16,24,26H,9-12,14H2,1H3;/b22-20-;. The zero-order valence-corrected chi connectivity index (χ0v) is 21.1. The molecular weight excluding hydrogens is 587 g/mol. The van der Waals surface area contributed by atoms with Crippen molar-refractivity contribution in [3.05, 3.63) is 59.7 Å². The fourth-order valence-corrected chi connectivity index (χ4v) is 3.36. The summed E-state index contributed by atoms with van der Waals surface area (Å²) in [4.78, 5) is 13.9. The van der Waals surface area contributed by atoms with E-state index in [2.05, 4.69) is 5.16 Å². The summed E-state index contributed by atoms with van der Waals surface area (Å²) >= 11 is 0. The Balaban J connectivity index is 0.00000300. The fraction of sp³-hybridized carbons (Fsp3) is 0.333. The first kappa shape index (κ1) is 23.5. The number of nitrogens with zero attached hydrogens (tertiary/aromatic N) is 2. The maximum Gasteiger partial charge on any atom is 0.410 e. The molecule has 1 aliphatic rings. The Hall–Kier alpha value is -1.78. The summed E-state index contributed by atoms with van der Waals surface area (Å²) in [5.74, 6) is 0.453. The molecule has 1 radical (unpaired) electrons. The Bertz CT molecular complexity index is 836. The predicted molar refractivity (Wildman–Crippen MR) is 104 cm³/mol. The molecule has 1 amide bonds. The molecule has 0 bridgehead atoms. The third kappa shape index (κ3) is 6.10. The number of oxime groups is 1. The summed E-state index contributed by atoms with van der Waals surface area (Å²) in [6.45, 7) is 1.23. The second kappa shape index (κ2) is 11.4. The number of benzene rings is 2. The van der Waals surface area contributed by atoms with E-state index in [1.807, 2.05) is 30.3 Å². The number of carbonyl (C=O) groups is 1. The van der Waals surface area contributed by atoms with Crippen LogP contribution in [0.3, 0.4) is 0 Å². The first-order valence-electron chi connectivity index (χ1n) is 9.17. The summed E-state index contributed by atoms with van der Waals surface area (Å²) in [5, 5.41) is 23.2. The number of amides is 1. The largest absolute Gasteiger partial charge is 0.507 e. The molecule has 29 heavy (non-hydrogen) atoms. The van der Waals surface area contributed by atoms with Crippen LogP contribution in [0, 0.1) is 50.0 Å². The van der Waals surface area contributed by atoms with Crippen molar-refractivity contribution in [1.82, 2.24) is 4.90 Å². The zero-order chi connectivity index (χ0) is 19.9. The third-order valence-corrected chi connectivity index (χ3v) is 4.93. The maximum atomic E-state index is 12.3. The number of aromatic hydroxyl groups is 1. The second-order valence-electron chi connectivity index (χ2n) is 6.67. The van der Waals surface area contributed by atoms with Crippen molar-refractivity contribution in [3.63, 3.8) is 0 Å². The van der Waals surface area contributed by atoms with E-state index in [4.69, 9.17) is 9.47 Å². The average molecular weight is 611 g/mol. The first-order valence-corrected chi connectivity index (χ1v) is 9.17. The Morgan fingerprint density at radius 2 is 1.86 bits per heavy atom. The molecule has 0 saturated carbocycles. The van der Waals surface area contributed by atoms with Gasteiger partial charge in [-0.15, -0.1) is 0 Å². The van der Waals surface area contributed by atoms with E-state index in [1.54, 1.807) is 17.0 Å². The van der Waals surface area contributed by atoms with Gasteiger partial charge in [-0.3, -0.25) is 0 Å². The fourth-order valence-electron chi connectivity index (χ4n) is 3.36. The number of carbonyl (C=O) groups excluding carboxylic acids is 1. The summed E-state index contributed by atoms with van der Waals surface area (Å²) in [5.41, 5.74) is 1.82. The Kier molecular flexibility index (Phi) is 9.25. The van der Waals surface area contributed by atoms with Crippen molar-refractivity contribution in [2.45, 2.75) is 19.4 Å². The average Bonchev–Trinajstić information content (AvgIpc) is 2.74. The maximum absolute atomic E-state index is 12.3. The molecule has 151 valence electrons. The van der Waals surface area contributed by atoms with Gasteiger partial charge in [-0.1, -0.05) is 35.5 Å². The number of likely N-dealkylation sites (tertiary alicyclic amines) is 1. The van der Waals surface area contributed by atoms with Crippen LogP contribution in [0.5, 0.6) is 11.5 Å². The van der Waals surface area contributed by atoms with Gasteiger partial charge in [-0.05, 0) is 30.5 Å². The Morgan fingerprint density at radius 1 is 1.17 bits per heavy atom. The first-order chi connectivity index (χ1) is 13.6. The van der Waals surface area contributed by atoms with Crippen LogP contribution in [-0.2, 0) is 11.3 Å². The van der Waals surface area contributed by atoms with Crippen molar-refractivity contribution in [2.75, 3.05) is 20.2 Å². The number of hydrogen-bond donors (Lipinski definition) is 2. The van der Waals surface area contributed by atoms with Gasteiger partial charge in [-0.2, -0.15) is 0 Å². The van der Waals surface area contributed by atoms with Crippen LogP contribution in [0.2, 0.25) is 0 Å². The SMILES string of the molecule is COc1ccc(/C(=N\O)C2CCN(C(=O)OCc3ccccc3)CC2)c(O)c1.[Ac]. The van der Waals surface area contributed by atoms with Gasteiger partial charge in [0.25, 0.3) is 0 Å². The van der Waals surface area contributed by atoms with Crippen LogP contribution in [0.1, 0.15) is 24.0 Å². The molecule has 2 aromatic rings. The number of rotatable bonds is 5. The number of ether oxygens (including phenoxy) is 2. The molecule has 0 aromatic heterocycles. The second-order valence-corrected chi connectivity index (χ2v) is 6.67. The van der Waals surface area contributed by atoms with Crippen LogP contribution in [0.25, 0.3) is 0 Å². The van der Waals surface area contributed by atoms with Gasteiger partial charge >= 0.3 is 6.09 Å². The molecule has 0 aliphatic carbocycles. The molecule has 2 aromatic carbocycles. The van der Waals surface area contributed by atoms with Gasteiger partial charge < -0.3 is 24.7 Å². The van der Waals surface area contributed by atoms with E-state index in [1.165, 1.54) is 13.2 Å². The summed E-state index contributed by atoms with van der Waals surface area (Å²) in [7, 11) is 1.52. The number of hydrogen-bond acceptors (Lipinski definition) is 6. The van der Waals surface area contributed by atoms with Gasteiger partial charge in [0.2, 0.25) is 0 Å². The van der Waals surface area contributed by atoms with Crippen LogP contribution < -0.4 is 4.74 Å². The molecule has 1 fully saturated rings. The number of phenolic OH excluding ortho intramolecular Hbond substituents is 1. The van der Waals surface area contributed by atoms with E-state index in [0.29, 0.717) is 43.0 Å². The van der Waals surface area contributed by atoms with Crippen molar-refractivity contribution >= 4 is 11.8 Å². The molecule has 0 unspecified atom stereocenters. The van der Waals surface area contributed by atoms with E-state index < -0.39 is 0 Å². The molecule has 0 atom stereocenters. The van der Waals surface area contributed by atoms with Gasteiger partial charge in [0.15, 0.2) is 0 Å². The molecule has 3 rings (SSSR count). The molecule has 1 heterocycles. The number of piperidine rings is 1. The van der Waals surface area contributed by atoms with Gasteiger partial charge in [0, 0.05) is 74.7 Å². The van der Waals surface area contributed by atoms with Crippen molar-refractivity contribution in [1.29, 1.82) is 0 Å². The quantitative estimate of drug-likeness (QED) is 0.306. The Morgan fingerprint density at radius 3 is 2.45 bits per heavy atom. The number of methoxy groups -OCH3 is 1. The topological polar surface area (TPSA) is 91.6 Å². The smallest absolute Gasteiger partial charge is 0.410 e. The van der Waals surface area contributed by atoms with E-state index in [9.17, 15) is 15.1 Å². The van der Waals surface area contributed by atoms with Crippen LogP contribution in [-0.4, -0.2) is 47.2 Å². The van der Waals surface area contributed by atoms with E-state index >= 15 is 0 Å². The van der Waals surface area contributed by atoms with Crippen LogP contribution in [0.4, 0.5) is 4.79 Å². The van der Waals surface area contributed by atoms with Crippen LogP contribution >= 0.6 is 0 Å². The predicted octanol–water partition coefficient (Wildman–Crippen LogP) is 3.63. The normalized spacial score (nSPS) is 14.8. The van der Waals surface area contributed by atoms with Gasteiger partial charge in [0.1, 0.15) is 18.1 Å². The summed E-state index contributed by atoms with van der Waals surface area (Å²) in [6, 6.07) is 14.4. The molecule has 0 spiro atoms. The molecule has 8 heteroatoms. The number of phenols is 1. The monoisotopic (exact) mass is 611 g/mol. The third-order valence-electron chi connectivity index (χ3n) is 4.93. The van der Waals surface area contributed by atoms with Gasteiger partial charge in [-0.25, -0.2) is 4.79 Å². The zero-order valence-electron chi connectivity index (χ0n) is 16.3. The molecule has 2 N–H and O–H groups in total. The van der Waals surface area contributed by atoms with Crippen molar-refractivity contribution < 1.29 is 68.6 Å². The summed E-state index contributed by atoms with van der Waals surface area (Å²) in [6.07, 6.45) is 0.883. The minimum atomic E-state index is -0.350. The van der Waals surface area contributed by atoms with Gasteiger partial charge in [0.05, 0.1) is 12.8 Å². The summed E-state index contributed by atoms with van der Waals surface area (Å²) < 4.78 is 10.5. The molecule has 7 nitrogen and oxygen atoms in total. The van der Waals surface area contributed by atoms with E-state index in [0.717, 1.165) is 5.56 Å². The van der Waals surface area contributed by atoms with E-state index in [-0.39, 0.29) is 68.4 Å². The molecular formula is C21H24AcN2O5. The van der Waals surface area contributed by atoms with Crippen molar-refractivity contribution in [2.24, 2.45) is 11.1 Å². The minimum absolute atomic E-state index is 0. The molecule has 1 saturated heterocycles. The van der Waals surface area contributed by atoms with Crippen LogP contribution in [0.15, 0.2) is 53.7 Å². The Labute approximate surface area is 205 Å².